The molecule has 6 nitrogen and oxygen atoms in total. The molecule has 0 fully saturated rings. The Labute approximate surface area is 154 Å². The van der Waals surface area contributed by atoms with E-state index in [4.69, 9.17) is 5.73 Å². The highest BCUT2D eigenvalue weighted by atomic mass is 35.5. The van der Waals surface area contributed by atoms with Crippen LogP contribution >= 0.6 is 12.4 Å². The Bertz CT molecular complexity index is 804. The van der Waals surface area contributed by atoms with Crippen molar-refractivity contribution in [2.75, 3.05) is 14.1 Å². The maximum Gasteiger partial charge on any atom is 0.248 e. The lowest BCUT2D eigenvalue weighted by Gasteiger charge is -2.11. The Morgan fingerprint density at radius 2 is 1.52 bits per heavy atom. The van der Waals surface area contributed by atoms with Gasteiger partial charge in [-0.3, -0.25) is 4.79 Å². The van der Waals surface area contributed by atoms with Gasteiger partial charge in [0.2, 0.25) is 15.9 Å². The molecule has 0 saturated heterocycles. The number of hydrogen-bond acceptors (Lipinski definition) is 4. The molecule has 0 bridgehead atoms. The van der Waals surface area contributed by atoms with Crippen LogP contribution in [-0.2, 0) is 23.1 Å². The lowest BCUT2D eigenvalue weighted by molar-refractivity contribution is 0.1000. The molecule has 0 heterocycles. The zero-order valence-electron chi connectivity index (χ0n) is 14.1. The van der Waals surface area contributed by atoms with Gasteiger partial charge < -0.3 is 10.6 Å². The van der Waals surface area contributed by atoms with Gasteiger partial charge in [0.25, 0.3) is 0 Å². The van der Waals surface area contributed by atoms with Crippen molar-refractivity contribution in [2.45, 2.75) is 18.0 Å². The van der Waals surface area contributed by atoms with Crippen LogP contribution in [0, 0.1) is 0 Å². The first kappa shape index (κ1) is 21.1. The molecule has 0 unspecified atom stereocenters. The number of carbonyl (C=O) groups is 1. The molecule has 2 rings (SSSR count). The zero-order valence-corrected chi connectivity index (χ0v) is 15.7. The van der Waals surface area contributed by atoms with Crippen molar-refractivity contribution in [1.29, 1.82) is 0 Å². The third-order valence-corrected chi connectivity index (χ3v) is 4.85. The minimum atomic E-state index is -3.64. The summed E-state index contributed by atoms with van der Waals surface area (Å²) in [5, 5.41) is 0. The van der Waals surface area contributed by atoms with Gasteiger partial charge in [0.1, 0.15) is 0 Å². The third-order valence-electron chi connectivity index (χ3n) is 3.44. The Morgan fingerprint density at radius 3 is 2.00 bits per heavy atom. The average molecular weight is 384 g/mol. The second kappa shape index (κ2) is 8.96. The molecule has 3 N–H and O–H groups in total. The number of nitrogens with one attached hydrogen (secondary N) is 1. The van der Waals surface area contributed by atoms with E-state index in [2.05, 4.69) is 9.62 Å². The van der Waals surface area contributed by atoms with Crippen LogP contribution in [0.25, 0.3) is 0 Å². The average Bonchev–Trinajstić information content (AvgIpc) is 2.54. The molecule has 2 aromatic carbocycles. The Hall–Kier alpha value is -1.93. The van der Waals surface area contributed by atoms with Crippen molar-refractivity contribution in [3.05, 3.63) is 65.2 Å². The molecule has 0 atom stereocenters. The summed E-state index contributed by atoms with van der Waals surface area (Å²) in [6, 6.07) is 13.3. The quantitative estimate of drug-likeness (QED) is 0.761. The second-order valence-corrected chi connectivity index (χ2v) is 7.53. The molecular formula is C17H22ClN3O3S. The summed E-state index contributed by atoms with van der Waals surface area (Å²) in [4.78, 5) is 13.2. The number of amides is 1. The topological polar surface area (TPSA) is 92.5 Å². The fourth-order valence-corrected chi connectivity index (χ4v) is 3.21. The van der Waals surface area contributed by atoms with Gasteiger partial charge in [0.05, 0.1) is 4.90 Å². The van der Waals surface area contributed by atoms with Crippen molar-refractivity contribution < 1.29 is 13.2 Å². The minimum Gasteiger partial charge on any atom is -0.366 e. The van der Waals surface area contributed by atoms with Gasteiger partial charge in [-0.2, -0.15) is 0 Å². The number of hydrogen-bond donors (Lipinski definition) is 2. The normalized spacial score (nSPS) is 11.2. The molecule has 0 spiro atoms. The van der Waals surface area contributed by atoms with Crippen LogP contribution in [0.3, 0.4) is 0 Å². The summed E-state index contributed by atoms with van der Waals surface area (Å²) >= 11 is 0. The van der Waals surface area contributed by atoms with E-state index in [-0.39, 0.29) is 29.4 Å². The zero-order chi connectivity index (χ0) is 17.7. The first-order chi connectivity index (χ1) is 11.3. The molecule has 25 heavy (non-hydrogen) atoms. The van der Waals surface area contributed by atoms with Crippen molar-refractivity contribution >= 4 is 28.3 Å². The van der Waals surface area contributed by atoms with E-state index in [0.717, 1.165) is 17.7 Å². The highest BCUT2D eigenvalue weighted by Crippen LogP contribution is 2.12. The maximum absolute atomic E-state index is 12.3. The molecule has 2 aromatic rings. The molecule has 0 radical (unpaired) electrons. The summed E-state index contributed by atoms with van der Waals surface area (Å²) < 4.78 is 27.1. The number of halogens is 1. The predicted molar refractivity (Wildman–Crippen MR) is 100 cm³/mol. The van der Waals surface area contributed by atoms with E-state index in [1.54, 1.807) is 0 Å². The molecule has 0 aromatic heterocycles. The molecule has 8 heteroatoms. The number of nitrogens with two attached hydrogens (primary N) is 1. The maximum atomic E-state index is 12.3. The summed E-state index contributed by atoms with van der Waals surface area (Å²) in [7, 11) is 0.343. The first-order valence-electron chi connectivity index (χ1n) is 7.40. The Morgan fingerprint density at radius 1 is 1.00 bits per heavy atom. The fourth-order valence-electron chi connectivity index (χ4n) is 2.19. The van der Waals surface area contributed by atoms with Gasteiger partial charge in [-0.25, -0.2) is 13.1 Å². The largest absolute Gasteiger partial charge is 0.366 e. The molecule has 0 aliphatic rings. The molecule has 136 valence electrons. The van der Waals surface area contributed by atoms with Crippen LogP contribution in [0.2, 0.25) is 0 Å². The minimum absolute atomic E-state index is 0. The van der Waals surface area contributed by atoms with E-state index >= 15 is 0 Å². The van der Waals surface area contributed by atoms with Gasteiger partial charge in [-0.1, -0.05) is 24.3 Å². The number of nitrogens with zero attached hydrogens (tertiary/aromatic N) is 1. The van der Waals surface area contributed by atoms with Crippen molar-refractivity contribution in [1.82, 2.24) is 9.62 Å². The monoisotopic (exact) mass is 383 g/mol. The van der Waals surface area contributed by atoms with Gasteiger partial charge in [0.15, 0.2) is 0 Å². The smallest absolute Gasteiger partial charge is 0.248 e. The molecule has 0 aliphatic heterocycles. The van der Waals surface area contributed by atoms with Crippen LogP contribution in [0.4, 0.5) is 0 Å². The van der Waals surface area contributed by atoms with Gasteiger partial charge in [-0.05, 0) is 49.5 Å². The lowest BCUT2D eigenvalue weighted by Crippen LogP contribution is -2.23. The van der Waals surface area contributed by atoms with E-state index in [1.807, 2.05) is 38.4 Å². The highest BCUT2D eigenvalue weighted by Gasteiger charge is 2.14. The Kier molecular flexibility index (Phi) is 7.57. The van der Waals surface area contributed by atoms with Crippen molar-refractivity contribution in [2.24, 2.45) is 5.73 Å². The molecule has 0 aliphatic carbocycles. The van der Waals surface area contributed by atoms with Crippen LogP contribution < -0.4 is 10.5 Å². The van der Waals surface area contributed by atoms with Crippen molar-refractivity contribution in [3.8, 4) is 0 Å². The predicted octanol–water partition coefficient (Wildman–Crippen LogP) is 1.75. The number of primary amides is 1. The molecule has 1 amide bonds. The summed E-state index contributed by atoms with van der Waals surface area (Å²) in [5.74, 6) is -0.593. The van der Waals surface area contributed by atoms with Gasteiger partial charge in [-0.15, -0.1) is 12.4 Å². The lowest BCUT2D eigenvalue weighted by atomic mass is 10.1. The number of rotatable bonds is 7. The summed E-state index contributed by atoms with van der Waals surface area (Å²) in [6.07, 6.45) is 0. The highest BCUT2D eigenvalue weighted by molar-refractivity contribution is 7.89. The van der Waals surface area contributed by atoms with E-state index in [9.17, 15) is 13.2 Å². The number of benzene rings is 2. The SMILES string of the molecule is CN(C)Cc1ccc(CNS(=O)(=O)c2ccc(C(N)=O)cc2)cc1.Cl. The standard InChI is InChI=1S/C17H21N3O3S.ClH/c1-20(2)12-14-5-3-13(4-6-14)11-19-24(22,23)16-9-7-15(8-10-16)17(18)21;/h3-10,19H,11-12H2,1-2H3,(H2,18,21);1H. The van der Waals surface area contributed by atoms with E-state index in [1.165, 1.54) is 24.3 Å². The van der Waals surface area contributed by atoms with E-state index in [0.29, 0.717) is 0 Å². The van der Waals surface area contributed by atoms with Crippen LogP contribution in [-0.4, -0.2) is 33.3 Å². The number of sulfonamides is 1. The molecular weight excluding hydrogens is 362 g/mol. The van der Waals surface area contributed by atoms with E-state index < -0.39 is 15.9 Å². The molecule has 0 saturated carbocycles. The fraction of sp³-hybridized carbons (Fsp3) is 0.235. The summed E-state index contributed by atoms with van der Waals surface area (Å²) in [5.41, 5.74) is 7.44. The summed E-state index contributed by atoms with van der Waals surface area (Å²) in [6.45, 7) is 1.03. The second-order valence-electron chi connectivity index (χ2n) is 5.77. The van der Waals surface area contributed by atoms with Crippen LogP contribution in [0.15, 0.2) is 53.4 Å². The Balaban J connectivity index is 0.00000312. The van der Waals surface area contributed by atoms with Crippen molar-refractivity contribution in [3.63, 3.8) is 0 Å². The first-order valence-corrected chi connectivity index (χ1v) is 8.88. The van der Waals surface area contributed by atoms with Gasteiger partial charge in [0, 0.05) is 18.7 Å². The third kappa shape index (κ3) is 6.13. The van der Waals surface area contributed by atoms with Crippen LogP contribution in [0.1, 0.15) is 21.5 Å². The number of carbonyl (C=O) groups excluding carboxylic acids is 1. The van der Waals surface area contributed by atoms with Crippen LogP contribution in [0.5, 0.6) is 0 Å². The van der Waals surface area contributed by atoms with Gasteiger partial charge >= 0.3 is 0 Å².